The number of Topliss-reactive ketones (excluding diaryl/α,β-unsaturated/α-hetero) is 2. The third kappa shape index (κ3) is 1.88. The van der Waals surface area contributed by atoms with Crippen LogP contribution in [0, 0.1) is 0 Å². The summed E-state index contributed by atoms with van der Waals surface area (Å²) in [5.41, 5.74) is -2.17. The van der Waals surface area contributed by atoms with Crippen LogP contribution in [-0.4, -0.2) is 51.6 Å². The second-order valence-electron chi connectivity index (χ2n) is 3.70. The number of ketones is 2. The lowest BCUT2D eigenvalue weighted by molar-refractivity contribution is -0.156. The molecular weight excluding hydrogens is 232 g/mol. The van der Waals surface area contributed by atoms with Crippen LogP contribution in [0.5, 0.6) is 0 Å². The van der Waals surface area contributed by atoms with Gasteiger partial charge in [-0.25, -0.2) is 9.59 Å². The van der Waals surface area contributed by atoms with Crippen molar-refractivity contribution in [3.05, 3.63) is 0 Å². The maximum Gasteiger partial charge on any atom is 0.337 e. The number of urea groups is 1. The molecule has 1 atom stereocenters. The Morgan fingerprint density at radius 3 is 2.29 bits per heavy atom. The summed E-state index contributed by atoms with van der Waals surface area (Å²) >= 11 is 0. The fourth-order valence-corrected chi connectivity index (χ4v) is 1.34. The molecule has 3 amide bonds. The van der Waals surface area contributed by atoms with Crippen molar-refractivity contribution < 1.29 is 29.1 Å². The second-order valence-corrected chi connectivity index (χ2v) is 3.70. The van der Waals surface area contributed by atoms with Crippen molar-refractivity contribution in [3.63, 3.8) is 0 Å². The number of rotatable bonds is 3. The minimum absolute atomic E-state index is 0.529. The number of imide groups is 1. The zero-order chi connectivity index (χ0) is 13.4. The van der Waals surface area contributed by atoms with Gasteiger partial charge < -0.3 is 5.11 Å². The van der Waals surface area contributed by atoms with E-state index in [1.165, 1.54) is 0 Å². The Hall–Kier alpha value is -2.25. The van der Waals surface area contributed by atoms with Crippen molar-refractivity contribution in [2.75, 3.05) is 6.54 Å². The summed E-state index contributed by atoms with van der Waals surface area (Å²) in [6.45, 7) is 1.26. The molecule has 0 aromatic heterocycles. The molecule has 1 fully saturated rings. The van der Waals surface area contributed by atoms with Crippen LogP contribution in [0.15, 0.2) is 0 Å². The van der Waals surface area contributed by atoms with Gasteiger partial charge in [0.05, 0.1) is 6.54 Å². The number of hydrogen-bond donors (Lipinski definition) is 2. The Morgan fingerprint density at radius 1 is 1.35 bits per heavy atom. The smallest absolute Gasteiger partial charge is 0.337 e. The number of aliphatic carboxylic acids is 1. The number of carbonyl (C=O) groups is 5. The average molecular weight is 242 g/mol. The number of hydrogen-bond acceptors (Lipinski definition) is 5. The molecule has 0 bridgehead atoms. The van der Waals surface area contributed by atoms with E-state index in [-0.39, 0.29) is 0 Å². The molecule has 1 aliphatic rings. The van der Waals surface area contributed by atoms with E-state index in [0.717, 1.165) is 13.8 Å². The molecule has 17 heavy (non-hydrogen) atoms. The predicted molar refractivity (Wildman–Crippen MR) is 52.0 cm³/mol. The Labute approximate surface area is 95.6 Å². The molecule has 92 valence electrons. The molecule has 1 heterocycles. The lowest BCUT2D eigenvalue weighted by Crippen LogP contribution is -2.67. The molecule has 1 saturated heterocycles. The van der Waals surface area contributed by atoms with E-state index in [9.17, 15) is 24.0 Å². The molecule has 0 aliphatic carbocycles. The van der Waals surface area contributed by atoms with Crippen molar-refractivity contribution >= 4 is 29.5 Å². The fraction of sp³-hybridized carbons (Fsp3) is 0.444. The number of carboxylic acids is 1. The van der Waals surface area contributed by atoms with Gasteiger partial charge in [-0.3, -0.25) is 24.6 Å². The molecule has 1 rings (SSSR count). The first-order valence-electron chi connectivity index (χ1n) is 4.61. The number of nitrogens with one attached hydrogen (secondary N) is 1. The third-order valence-electron chi connectivity index (χ3n) is 2.66. The molecular formula is C9H10N2O6. The Kier molecular flexibility index (Phi) is 2.99. The van der Waals surface area contributed by atoms with Crippen LogP contribution in [0.4, 0.5) is 4.79 Å². The summed E-state index contributed by atoms with van der Waals surface area (Å²) < 4.78 is 0. The molecule has 2 N–H and O–H groups in total. The van der Waals surface area contributed by atoms with E-state index in [1.807, 2.05) is 0 Å². The molecule has 0 radical (unpaired) electrons. The van der Waals surface area contributed by atoms with Crippen molar-refractivity contribution in [2.24, 2.45) is 0 Å². The lowest BCUT2D eigenvalue weighted by Gasteiger charge is -2.36. The molecule has 0 spiro atoms. The topological polar surface area (TPSA) is 121 Å². The van der Waals surface area contributed by atoms with Gasteiger partial charge in [-0.15, -0.1) is 0 Å². The highest BCUT2D eigenvalue weighted by atomic mass is 16.4. The van der Waals surface area contributed by atoms with Crippen molar-refractivity contribution in [2.45, 2.75) is 19.4 Å². The highest BCUT2D eigenvalue weighted by Crippen LogP contribution is 2.19. The zero-order valence-corrected chi connectivity index (χ0v) is 9.14. The molecule has 1 unspecified atom stereocenters. The van der Waals surface area contributed by atoms with Gasteiger partial charge in [-0.05, 0) is 13.8 Å². The van der Waals surface area contributed by atoms with Crippen LogP contribution in [0.1, 0.15) is 13.8 Å². The summed E-state index contributed by atoms with van der Waals surface area (Å²) in [5.74, 6) is -4.47. The van der Waals surface area contributed by atoms with E-state index in [4.69, 9.17) is 5.11 Å². The molecule has 0 aromatic rings. The van der Waals surface area contributed by atoms with Gasteiger partial charge in [-0.1, -0.05) is 0 Å². The average Bonchev–Trinajstić information content (AvgIpc) is 2.21. The maximum atomic E-state index is 11.4. The number of carboxylic acid groups (broad SMARTS) is 1. The standard InChI is InChI=1S/C9H10N2O6/c1-4(12)9(2,7(15)16)11-3-5(13)6(14)10-8(11)17/h3H2,1-2H3,(H,15,16)(H,10,14,17). The fourth-order valence-electron chi connectivity index (χ4n) is 1.34. The van der Waals surface area contributed by atoms with Gasteiger partial charge in [0.2, 0.25) is 5.78 Å². The highest BCUT2D eigenvalue weighted by molar-refractivity contribution is 6.41. The van der Waals surface area contributed by atoms with Crippen molar-refractivity contribution in [1.29, 1.82) is 0 Å². The van der Waals surface area contributed by atoms with Crippen LogP contribution in [0.2, 0.25) is 0 Å². The van der Waals surface area contributed by atoms with Crippen LogP contribution in [0.25, 0.3) is 0 Å². The van der Waals surface area contributed by atoms with E-state index in [0.29, 0.717) is 4.90 Å². The largest absolute Gasteiger partial charge is 0.479 e. The predicted octanol–water partition coefficient (Wildman–Crippen LogP) is -1.46. The van der Waals surface area contributed by atoms with Crippen LogP contribution >= 0.6 is 0 Å². The number of carbonyl (C=O) groups excluding carboxylic acids is 4. The Bertz CT molecular complexity index is 427. The highest BCUT2D eigenvalue weighted by Gasteiger charge is 2.50. The zero-order valence-electron chi connectivity index (χ0n) is 9.14. The normalized spacial score (nSPS) is 19.6. The minimum Gasteiger partial charge on any atom is -0.479 e. The van der Waals surface area contributed by atoms with Gasteiger partial charge in [0, 0.05) is 0 Å². The van der Waals surface area contributed by atoms with Gasteiger partial charge in [0.15, 0.2) is 11.3 Å². The number of nitrogens with zero attached hydrogens (tertiary/aromatic N) is 1. The van der Waals surface area contributed by atoms with Crippen LogP contribution < -0.4 is 5.32 Å². The van der Waals surface area contributed by atoms with E-state index >= 15 is 0 Å². The summed E-state index contributed by atoms with van der Waals surface area (Å²) in [5, 5.41) is 10.7. The monoisotopic (exact) mass is 242 g/mol. The van der Waals surface area contributed by atoms with Crippen LogP contribution in [-0.2, 0) is 19.2 Å². The molecule has 8 nitrogen and oxygen atoms in total. The molecule has 8 heteroatoms. The second kappa shape index (κ2) is 3.96. The molecule has 0 aromatic carbocycles. The van der Waals surface area contributed by atoms with Gasteiger partial charge in [-0.2, -0.15) is 0 Å². The first-order chi connectivity index (χ1) is 7.71. The summed E-state index contributed by atoms with van der Waals surface area (Å²) in [6.07, 6.45) is 0. The SMILES string of the molecule is CC(=O)C(C)(C(=O)O)N1CC(=O)C(=O)NC1=O. The summed E-state index contributed by atoms with van der Waals surface area (Å²) in [6, 6.07) is -1.07. The molecule has 0 saturated carbocycles. The Balaban J connectivity index is 3.17. The molecule has 1 aliphatic heterocycles. The summed E-state index contributed by atoms with van der Waals surface area (Å²) in [4.78, 5) is 56.4. The summed E-state index contributed by atoms with van der Waals surface area (Å²) in [7, 11) is 0. The first kappa shape index (κ1) is 12.8. The number of amides is 3. The quantitative estimate of drug-likeness (QED) is 0.460. The lowest BCUT2D eigenvalue weighted by atomic mass is 9.94. The van der Waals surface area contributed by atoms with Gasteiger partial charge in [0.1, 0.15) is 0 Å². The maximum absolute atomic E-state index is 11.4. The van der Waals surface area contributed by atoms with Crippen molar-refractivity contribution in [1.82, 2.24) is 10.2 Å². The van der Waals surface area contributed by atoms with Gasteiger partial charge in [0.25, 0.3) is 5.91 Å². The Morgan fingerprint density at radius 2 is 1.88 bits per heavy atom. The van der Waals surface area contributed by atoms with E-state index < -0.39 is 41.6 Å². The van der Waals surface area contributed by atoms with Crippen LogP contribution in [0.3, 0.4) is 0 Å². The van der Waals surface area contributed by atoms with Crippen molar-refractivity contribution in [3.8, 4) is 0 Å². The third-order valence-corrected chi connectivity index (χ3v) is 2.66. The first-order valence-corrected chi connectivity index (χ1v) is 4.61. The van der Waals surface area contributed by atoms with E-state index in [2.05, 4.69) is 0 Å². The van der Waals surface area contributed by atoms with E-state index in [1.54, 1.807) is 5.32 Å². The van der Waals surface area contributed by atoms with Gasteiger partial charge >= 0.3 is 12.0 Å². The minimum atomic E-state index is -2.17.